The standard InChI is InChI=1S/C15H16FN3/c1-17-15-12-7-2-3-8-13(12)18-14(19-15)10-5-4-6-11(16)9-10/h4-6,9H,2-3,7-8H2,1H3,(H,17,18,19). The molecule has 0 bridgehead atoms. The van der Waals surface area contributed by atoms with Gasteiger partial charge in [0.05, 0.1) is 0 Å². The Morgan fingerprint density at radius 3 is 2.79 bits per heavy atom. The Morgan fingerprint density at radius 1 is 1.16 bits per heavy atom. The van der Waals surface area contributed by atoms with E-state index in [0.29, 0.717) is 5.82 Å². The third kappa shape index (κ3) is 2.30. The van der Waals surface area contributed by atoms with Gasteiger partial charge in [0.25, 0.3) is 0 Å². The molecule has 2 aromatic rings. The lowest BCUT2D eigenvalue weighted by molar-refractivity contribution is 0.628. The van der Waals surface area contributed by atoms with Crippen molar-refractivity contribution in [2.45, 2.75) is 25.7 Å². The second-order valence-corrected chi connectivity index (χ2v) is 4.79. The molecule has 3 rings (SSSR count). The number of benzene rings is 1. The van der Waals surface area contributed by atoms with Gasteiger partial charge in [-0.25, -0.2) is 14.4 Å². The largest absolute Gasteiger partial charge is 0.373 e. The minimum absolute atomic E-state index is 0.259. The van der Waals surface area contributed by atoms with Gasteiger partial charge in [-0.3, -0.25) is 0 Å². The number of nitrogens with one attached hydrogen (secondary N) is 1. The SMILES string of the molecule is CNc1nc(-c2cccc(F)c2)nc2c1CCCC2. The summed E-state index contributed by atoms with van der Waals surface area (Å²) in [5.41, 5.74) is 3.05. The van der Waals surface area contributed by atoms with Gasteiger partial charge in [0.2, 0.25) is 0 Å². The summed E-state index contributed by atoms with van der Waals surface area (Å²) in [6.45, 7) is 0. The van der Waals surface area contributed by atoms with E-state index in [-0.39, 0.29) is 5.82 Å². The van der Waals surface area contributed by atoms with Crippen LogP contribution >= 0.6 is 0 Å². The number of nitrogens with zero attached hydrogens (tertiary/aromatic N) is 2. The van der Waals surface area contributed by atoms with Gasteiger partial charge in [0, 0.05) is 23.9 Å². The summed E-state index contributed by atoms with van der Waals surface area (Å²) in [5, 5.41) is 3.14. The maximum atomic E-state index is 13.3. The van der Waals surface area contributed by atoms with Crippen molar-refractivity contribution in [2.24, 2.45) is 0 Å². The van der Waals surface area contributed by atoms with Crippen molar-refractivity contribution in [3.05, 3.63) is 41.3 Å². The van der Waals surface area contributed by atoms with Crippen LogP contribution in [-0.4, -0.2) is 17.0 Å². The van der Waals surface area contributed by atoms with Crippen LogP contribution in [0.2, 0.25) is 0 Å². The lowest BCUT2D eigenvalue weighted by Crippen LogP contribution is -2.11. The first-order valence-corrected chi connectivity index (χ1v) is 6.61. The molecule has 0 aliphatic heterocycles. The summed E-state index contributed by atoms with van der Waals surface area (Å²) < 4.78 is 13.3. The second kappa shape index (κ2) is 4.96. The summed E-state index contributed by atoms with van der Waals surface area (Å²) >= 11 is 0. The fourth-order valence-electron chi connectivity index (χ4n) is 2.56. The maximum absolute atomic E-state index is 13.3. The van der Waals surface area contributed by atoms with Crippen molar-refractivity contribution in [3.63, 3.8) is 0 Å². The fourth-order valence-corrected chi connectivity index (χ4v) is 2.56. The van der Waals surface area contributed by atoms with Crippen molar-refractivity contribution in [1.82, 2.24) is 9.97 Å². The molecule has 0 saturated heterocycles. The molecule has 0 unspecified atom stereocenters. The predicted octanol–water partition coefficient (Wildman–Crippen LogP) is 3.20. The van der Waals surface area contributed by atoms with E-state index in [1.54, 1.807) is 6.07 Å². The summed E-state index contributed by atoms with van der Waals surface area (Å²) in [6.07, 6.45) is 4.35. The summed E-state index contributed by atoms with van der Waals surface area (Å²) in [6, 6.07) is 6.43. The van der Waals surface area contributed by atoms with Gasteiger partial charge in [-0.05, 0) is 37.8 Å². The van der Waals surface area contributed by atoms with Crippen LogP contribution < -0.4 is 5.32 Å². The second-order valence-electron chi connectivity index (χ2n) is 4.79. The van der Waals surface area contributed by atoms with Crippen LogP contribution in [0, 0.1) is 5.82 Å². The lowest BCUT2D eigenvalue weighted by Gasteiger charge is -2.18. The van der Waals surface area contributed by atoms with Crippen LogP contribution in [0.4, 0.5) is 10.2 Å². The highest BCUT2D eigenvalue weighted by atomic mass is 19.1. The molecule has 98 valence electrons. The number of anilines is 1. The number of rotatable bonds is 2. The number of fused-ring (bicyclic) bond motifs is 1. The Kier molecular flexibility index (Phi) is 3.15. The first kappa shape index (κ1) is 12.1. The van der Waals surface area contributed by atoms with E-state index in [0.717, 1.165) is 36.3 Å². The van der Waals surface area contributed by atoms with Gasteiger partial charge in [-0.2, -0.15) is 0 Å². The van der Waals surface area contributed by atoms with Gasteiger partial charge in [0.15, 0.2) is 5.82 Å². The molecule has 1 aliphatic rings. The first-order valence-electron chi connectivity index (χ1n) is 6.61. The molecule has 1 aromatic heterocycles. The Balaban J connectivity index is 2.12. The van der Waals surface area contributed by atoms with Gasteiger partial charge < -0.3 is 5.32 Å². The van der Waals surface area contributed by atoms with E-state index in [4.69, 9.17) is 0 Å². The van der Waals surface area contributed by atoms with Gasteiger partial charge in [0.1, 0.15) is 11.6 Å². The normalized spacial score (nSPS) is 14.0. The van der Waals surface area contributed by atoms with E-state index >= 15 is 0 Å². The lowest BCUT2D eigenvalue weighted by atomic mass is 9.96. The minimum atomic E-state index is -0.259. The van der Waals surface area contributed by atoms with Crippen LogP contribution in [-0.2, 0) is 12.8 Å². The van der Waals surface area contributed by atoms with E-state index in [9.17, 15) is 4.39 Å². The molecule has 0 fully saturated rings. The van der Waals surface area contributed by atoms with Gasteiger partial charge >= 0.3 is 0 Å². The quantitative estimate of drug-likeness (QED) is 0.897. The molecule has 0 atom stereocenters. The van der Waals surface area contributed by atoms with E-state index in [1.807, 2.05) is 13.1 Å². The predicted molar refractivity (Wildman–Crippen MR) is 73.6 cm³/mol. The summed E-state index contributed by atoms with van der Waals surface area (Å²) in [4.78, 5) is 9.14. The Morgan fingerprint density at radius 2 is 2.00 bits per heavy atom. The number of hydrogen-bond donors (Lipinski definition) is 1. The van der Waals surface area contributed by atoms with Crippen LogP contribution in [0.5, 0.6) is 0 Å². The molecule has 19 heavy (non-hydrogen) atoms. The maximum Gasteiger partial charge on any atom is 0.161 e. The van der Waals surface area contributed by atoms with Crippen LogP contribution in [0.15, 0.2) is 24.3 Å². The highest BCUT2D eigenvalue weighted by molar-refractivity contribution is 5.60. The molecule has 1 aliphatic carbocycles. The number of hydrogen-bond acceptors (Lipinski definition) is 3. The molecular weight excluding hydrogens is 241 g/mol. The zero-order chi connectivity index (χ0) is 13.2. The van der Waals surface area contributed by atoms with E-state index in [1.165, 1.54) is 24.1 Å². The number of aromatic nitrogens is 2. The highest BCUT2D eigenvalue weighted by Gasteiger charge is 2.17. The third-order valence-electron chi connectivity index (χ3n) is 3.50. The van der Waals surface area contributed by atoms with Crippen molar-refractivity contribution >= 4 is 5.82 Å². The average Bonchev–Trinajstić information content (AvgIpc) is 2.46. The minimum Gasteiger partial charge on any atom is -0.373 e. The van der Waals surface area contributed by atoms with Crippen molar-refractivity contribution in [2.75, 3.05) is 12.4 Å². The number of halogens is 1. The number of aryl methyl sites for hydroxylation is 1. The van der Waals surface area contributed by atoms with Gasteiger partial charge in [-0.1, -0.05) is 12.1 Å². The van der Waals surface area contributed by atoms with Crippen LogP contribution in [0.1, 0.15) is 24.1 Å². The zero-order valence-electron chi connectivity index (χ0n) is 10.9. The third-order valence-corrected chi connectivity index (χ3v) is 3.50. The van der Waals surface area contributed by atoms with Crippen molar-refractivity contribution in [3.8, 4) is 11.4 Å². The molecule has 3 nitrogen and oxygen atoms in total. The molecule has 1 heterocycles. The monoisotopic (exact) mass is 257 g/mol. The van der Waals surface area contributed by atoms with Gasteiger partial charge in [-0.15, -0.1) is 0 Å². The van der Waals surface area contributed by atoms with E-state index in [2.05, 4.69) is 15.3 Å². The fraction of sp³-hybridized carbons (Fsp3) is 0.333. The van der Waals surface area contributed by atoms with Crippen LogP contribution in [0.25, 0.3) is 11.4 Å². The molecule has 4 heteroatoms. The molecule has 0 spiro atoms. The Bertz CT molecular complexity index is 593. The van der Waals surface area contributed by atoms with Crippen molar-refractivity contribution < 1.29 is 4.39 Å². The van der Waals surface area contributed by atoms with Crippen LogP contribution in [0.3, 0.4) is 0 Å². The smallest absolute Gasteiger partial charge is 0.161 e. The zero-order valence-corrected chi connectivity index (χ0v) is 10.9. The first-order chi connectivity index (χ1) is 9.28. The Labute approximate surface area is 111 Å². The summed E-state index contributed by atoms with van der Waals surface area (Å²) in [7, 11) is 1.87. The van der Waals surface area contributed by atoms with Crippen molar-refractivity contribution in [1.29, 1.82) is 0 Å². The molecule has 0 radical (unpaired) electrons. The summed E-state index contributed by atoms with van der Waals surface area (Å²) in [5.74, 6) is 1.22. The molecule has 1 N–H and O–H groups in total. The molecular formula is C15H16FN3. The Hall–Kier alpha value is -1.97. The topological polar surface area (TPSA) is 37.8 Å². The molecule has 0 saturated carbocycles. The van der Waals surface area contributed by atoms with E-state index < -0.39 is 0 Å². The highest BCUT2D eigenvalue weighted by Crippen LogP contribution is 2.28. The molecule has 1 aromatic carbocycles. The average molecular weight is 257 g/mol. The molecule has 0 amide bonds.